The summed E-state index contributed by atoms with van der Waals surface area (Å²) < 4.78 is 5.06. The van der Waals surface area contributed by atoms with Crippen molar-refractivity contribution in [2.75, 3.05) is 12.4 Å². The minimum atomic E-state index is -0.111. The quantitative estimate of drug-likeness (QED) is 0.826. The Morgan fingerprint density at radius 3 is 2.31 bits per heavy atom. The topological polar surface area (TPSA) is 54.1 Å². The standard InChI is InChI=1S/C12H12N2O2/c1-16-11-5-2-9(3-6-11)14-10-4-7-12(15)13-8-10/h2-8,14H,1H3,(H,13,15). The monoisotopic (exact) mass is 216 g/mol. The maximum Gasteiger partial charge on any atom is 0.248 e. The molecule has 1 aromatic heterocycles. The molecule has 4 nitrogen and oxygen atoms in total. The number of nitrogens with one attached hydrogen (secondary N) is 2. The van der Waals surface area contributed by atoms with Crippen molar-refractivity contribution < 1.29 is 4.74 Å². The molecule has 4 heteroatoms. The first-order valence-corrected chi connectivity index (χ1v) is 4.88. The Hall–Kier alpha value is -2.23. The second kappa shape index (κ2) is 4.53. The van der Waals surface area contributed by atoms with Gasteiger partial charge in [0.2, 0.25) is 5.56 Å². The number of pyridine rings is 1. The lowest BCUT2D eigenvalue weighted by Crippen LogP contribution is -2.02. The fraction of sp³-hybridized carbons (Fsp3) is 0.0833. The highest BCUT2D eigenvalue weighted by atomic mass is 16.5. The number of anilines is 2. The van der Waals surface area contributed by atoms with Crippen LogP contribution in [0.25, 0.3) is 0 Å². The first-order valence-electron chi connectivity index (χ1n) is 4.88. The normalized spacial score (nSPS) is 9.81. The van der Waals surface area contributed by atoms with Crippen LogP contribution in [0.5, 0.6) is 5.75 Å². The van der Waals surface area contributed by atoms with Gasteiger partial charge in [0.15, 0.2) is 0 Å². The molecule has 0 aliphatic carbocycles. The molecule has 0 saturated carbocycles. The van der Waals surface area contributed by atoms with Crippen LogP contribution in [0, 0.1) is 0 Å². The van der Waals surface area contributed by atoms with Crippen LogP contribution in [0.2, 0.25) is 0 Å². The number of aromatic nitrogens is 1. The van der Waals surface area contributed by atoms with E-state index in [1.165, 1.54) is 6.07 Å². The number of H-pyrrole nitrogens is 1. The summed E-state index contributed by atoms with van der Waals surface area (Å²) in [5.74, 6) is 0.812. The Morgan fingerprint density at radius 1 is 1.06 bits per heavy atom. The lowest BCUT2D eigenvalue weighted by molar-refractivity contribution is 0.415. The summed E-state index contributed by atoms with van der Waals surface area (Å²) in [6.07, 6.45) is 1.63. The molecule has 1 heterocycles. The molecule has 1 aromatic carbocycles. The van der Waals surface area contributed by atoms with E-state index in [4.69, 9.17) is 4.74 Å². The highest BCUT2D eigenvalue weighted by Gasteiger charge is 1.95. The number of rotatable bonds is 3. The number of benzene rings is 1. The van der Waals surface area contributed by atoms with Crippen LogP contribution in [0.15, 0.2) is 47.4 Å². The fourth-order valence-corrected chi connectivity index (χ4v) is 1.33. The molecule has 0 saturated heterocycles. The molecule has 0 fully saturated rings. The number of methoxy groups -OCH3 is 1. The zero-order chi connectivity index (χ0) is 11.4. The van der Waals surface area contributed by atoms with Crippen LogP contribution >= 0.6 is 0 Å². The van der Waals surface area contributed by atoms with Crippen molar-refractivity contribution in [1.82, 2.24) is 4.98 Å². The summed E-state index contributed by atoms with van der Waals surface area (Å²) in [6, 6.07) is 10.8. The summed E-state index contributed by atoms with van der Waals surface area (Å²) in [7, 11) is 1.63. The first kappa shape index (κ1) is 10.3. The average Bonchev–Trinajstić information content (AvgIpc) is 2.33. The van der Waals surface area contributed by atoms with Crippen molar-refractivity contribution in [3.05, 3.63) is 52.9 Å². The van der Waals surface area contributed by atoms with Gasteiger partial charge >= 0.3 is 0 Å². The Kier molecular flexibility index (Phi) is 2.91. The van der Waals surface area contributed by atoms with Crippen molar-refractivity contribution in [2.45, 2.75) is 0 Å². The summed E-state index contributed by atoms with van der Waals surface area (Å²) in [6.45, 7) is 0. The van der Waals surface area contributed by atoms with E-state index in [1.807, 2.05) is 24.3 Å². The summed E-state index contributed by atoms with van der Waals surface area (Å²) >= 11 is 0. The van der Waals surface area contributed by atoms with Crippen molar-refractivity contribution in [3.8, 4) is 5.75 Å². The van der Waals surface area contributed by atoms with E-state index in [-0.39, 0.29) is 5.56 Å². The van der Waals surface area contributed by atoms with Crippen molar-refractivity contribution >= 4 is 11.4 Å². The second-order valence-electron chi connectivity index (χ2n) is 3.30. The Labute approximate surface area is 92.9 Å². The van der Waals surface area contributed by atoms with E-state index < -0.39 is 0 Å². The molecule has 0 aliphatic heterocycles. The highest BCUT2D eigenvalue weighted by molar-refractivity contribution is 5.59. The number of aromatic amines is 1. The van der Waals surface area contributed by atoms with E-state index in [9.17, 15) is 4.79 Å². The first-order chi connectivity index (χ1) is 7.78. The maximum absolute atomic E-state index is 10.9. The minimum Gasteiger partial charge on any atom is -0.497 e. The summed E-state index contributed by atoms with van der Waals surface area (Å²) in [5.41, 5.74) is 1.66. The Balaban J connectivity index is 2.14. The van der Waals surface area contributed by atoms with Gasteiger partial charge in [0.25, 0.3) is 0 Å². The van der Waals surface area contributed by atoms with Gasteiger partial charge in [0.1, 0.15) is 5.75 Å². The molecule has 2 aromatic rings. The third-order valence-corrected chi connectivity index (χ3v) is 2.16. The van der Waals surface area contributed by atoms with Gasteiger partial charge in [-0.05, 0) is 30.3 Å². The summed E-state index contributed by atoms with van der Waals surface area (Å²) in [4.78, 5) is 13.5. The van der Waals surface area contributed by atoms with Gasteiger partial charge in [-0.3, -0.25) is 4.79 Å². The molecule has 16 heavy (non-hydrogen) atoms. The molecule has 0 spiro atoms. The van der Waals surface area contributed by atoms with Crippen LogP contribution in [-0.4, -0.2) is 12.1 Å². The largest absolute Gasteiger partial charge is 0.497 e. The van der Waals surface area contributed by atoms with Gasteiger partial charge in [-0.25, -0.2) is 0 Å². The smallest absolute Gasteiger partial charge is 0.248 e. The van der Waals surface area contributed by atoms with E-state index in [1.54, 1.807) is 19.4 Å². The SMILES string of the molecule is COc1ccc(Nc2ccc(=O)[nH]c2)cc1. The van der Waals surface area contributed by atoms with Gasteiger partial charge in [-0.15, -0.1) is 0 Å². The van der Waals surface area contributed by atoms with Gasteiger partial charge in [0, 0.05) is 18.0 Å². The molecule has 0 radical (unpaired) electrons. The average molecular weight is 216 g/mol. The van der Waals surface area contributed by atoms with Gasteiger partial charge in [0.05, 0.1) is 12.8 Å². The lowest BCUT2D eigenvalue weighted by Gasteiger charge is -2.06. The van der Waals surface area contributed by atoms with Crippen LogP contribution in [0.1, 0.15) is 0 Å². The molecule has 0 unspecified atom stereocenters. The van der Waals surface area contributed by atoms with E-state index in [2.05, 4.69) is 10.3 Å². The van der Waals surface area contributed by atoms with Gasteiger partial charge in [-0.1, -0.05) is 0 Å². The molecular formula is C12H12N2O2. The zero-order valence-electron chi connectivity index (χ0n) is 8.86. The van der Waals surface area contributed by atoms with Gasteiger partial charge < -0.3 is 15.0 Å². The van der Waals surface area contributed by atoms with E-state index in [0.717, 1.165) is 17.1 Å². The van der Waals surface area contributed by atoms with E-state index in [0.29, 0.717) is 0 Å². The molecule has 2 rings (SSSR count). The predicted molar refractivity (Wildman–Crippen MR) is 63.3 cm³/mol. The number of hydrogen-bond acceptors (Lipinski definition) is 3. The molecule has 82 valence electrons. The third kappa shape index (κ3) is 2.42. The van der Waals surface area contributed by atoms with Crippen molar-refractivity contribution in [1.29, 1.82) is 0 Å². The second-order valence-corrected chi connectivity index (χ2v) is 3.30. The minimum absolute atomic E-state index is 0.111. The van der Waals surface area contributed by atoms with Gasteiger partial charge in [-0.2, -0.15) is 0 Å². The van der Waals surface area contributed by atoms with E-state index >= 15 is 0 Å². The third-order valence-electron chi connectivity index (χ3n) is 2.16. The molecule has 2 N–H and O–H groups in total. The molecule has 0 amide bonds. The van der Waals surface area contributed by atoms with Crippen LogP contribution in [0.4, 0.5) is 11.4 Å². The predicted octanol–water partition coefficient (Wildman–Crippen LogP) is 2.13. The Bertz CT molecular complexity index is 497. The van der Waals surface area contributed by atoms with Crippen LogP contribution < -0.4 is 15.6 Å². The zero-order valence-corrected chi connectivity index (χ0v) is 8.86. The van der Waals surface area contributed by atoms with Crippen molar-refractivity contribution in [3.63, 3.8) is 0 Å². The highest BCUT2D eigenvalue weighted by Crippen LogP contribution is 2.18. The molecule has 0 bridgehead atoms. The Morgan fingerprint density at radius 2 is 1.75 bits per heavy atom. The molecular weight excluding hydrogens is 204 g/mol. The van der Waals surface area contributed by atoms with Crippen LogP contribution in [-0.2, 0) is 0 Å². The van der Waals surface area contributed by atoms with Crippen LogP contribution in [0.3, 0.4) is 0 Å². The number of hydrogen-bond donors (Lipinski definition) is 2. The molecule has 0 atom stereocenters. The van der Waals surface area contributed by atoms with Crippen molar-refractivity contribution in [2.24, 2.45) is 0 Å². The summed E-state index contributed by atoms with van der Waals surface area (Å²) in [5, 5.41) is 3.16. The fourth-order valence-electron chi connectivity index (χ4n) is 1.33. The maximum atomic E-state index is 10.9. The lowest BCUT2D eigenvalue weighted by atomic mass is 10.3. The number of ether oxygens (including phenoxy) is 1. The molecule has 0 aliphatic rings.